The number of likely N-dealkylation sites (N-methyl/N-ethyl adjacent to an activating group) is 1. The van der Waals surface area contributed by atoms with Crippen LogP contribution in [0.2, 0.25) is 0 Å². The number of hydrogen-bond acceptors (Lipinski definition) is 4. The van der Waals surface area contributed by atoms with Gasteiger partial charge in [-0.05, 0) is 31.2 Å². The first kappa shape index (κ1) is 17.0. The van der Waals surface area contributed by atoms with Crippen molar-refractivity contribution in [1.29, 1.82) is 0 Å². The fraction of sp³-hybridized carbons (Fsp3) is 0.438. The van der Waals surface area contributed by atoms with E-state index in [-0.39, 0.29) is 12.6 Å². The molecule has 1 aromatic carbocycles. The topological polar surface area (TPSA) is 59.0 Å². The quantitative estimate of drug-likeness (QED) is 0.694. The van der Waals surface area contributed by atoms with E-state index in [2.05, 4.69) is 10.8 Å². The second-order valence-corrected chi connectivity index (χ2v) is 4.76. The van der Waals surface area contributed by atoms with Gasteiger partial charge in [-0.1, -0.05) is 18.1 Å². The number of benzene rings is 1. The Labute approximate surface area is 125 Å². The van der Waals surface area contributed by atoms with Gasteiger partial charge >= 0.3 is 5.97 Å². The largest absolute Gasteiger partial charge is 0.482 e. The van der Waals surface area contributed by atoms with E-state index in [0.717, 1.165) is 12.0 Å². The highest BCUT2D eigenvalue weighted by Gasteiger charge is 2.14. The molecule has 1 rings (SSSR count). The standard InChI is InChI=1S/C16H21NO4/c1-4-9-17(2)14(11-20-3)10-13-5-7-15(8-6-13)21-12-16(18)19/h1,5-8,14H,9-12H2,2-3H3,(H,18,19)/t14-/m0/s1. The molecule has 0 aliphatic heterocycles. The third kappa shape index (κ3) is 6.30. The maximum absolute atomic E-state index is 10.4. The van der Waals surface area contributed by atoms with Gasteiger partial charge in [-0.15, -0.1) is 6.42 Å². The van der Waals surface area contributed by atoms with Crippen LogP contribution >= 0.6 is 0 Å². The molecule has 0 aliphatic carbocycles. The minimum absolute atomic E-state index is 0.192. The molecule has 0 bridgehead atoms. The van der Waals surface area contributed by atoms with Crippen molar-refractivity contribution in [2.75, 3.05) is 33.9 Å². The number of carboxylic acids is 1. The van der Waals surface area contributed by atoms with Gasteiger partial charge in [0.05, 0.1) is 13.2 Å². The molecule has 0 unspecified atom stereocenters. The maximum atomic E-state index is 10.4. The number of aliphatic carboxylic acids is 1. The Kier molecular flexibility index (Phi) is 7.30. The van der Waals surface area contributed by atoms with Crippen LogP contribution in [-0.2, 0) is 16.0 Å². The molecule has 114 valence electrons. The summed E-state index contributed by atoms with van der Waals surface area (Å²) in [5.74, 6) is 2.18. The van der Waals surface area contributed by atoms with Crippen LogP contribution in [0.15, 0.2) is 24.3 Å². The average Bonchev–Trinajstić information content (AvgIpc) is 2.46. The van der Waals surface area contributed by atoms with Gasteiger partial charge in [0.2, 0.25) is 0 Å². The van der Waals surface area contributed by atoms with E-state index in [1.165, 1.54) is 0 Å². The van der Waals surface area contributed by atoms with E-state index in [9.17, 15) is 4.79 Å². The highest BCUT2D eigenvalue weighted by atomic mass is 16.5. The van der Waals surface area contributed by atoms with E-state index in [1.54, 1.807) is 19.2 Å². The molecule has 0 spiro atoms. The highest BCUT2D eigenvalue weighted by molar-refractivity contribution is 5.68. The summed E-state index contributed by atoms with van der Waals surface area (Å²) in [6.07, 6.45) is 6.13. The predicted molar refractivity (Wildman–Crippen MR) is 80.4 cm³/mol. The molecule has 5 nitrogen and oxygen atoms in total. The molecule has 1 aromatic rings. The van der Waals surface area contributed by atoms with Crippen molar-refractivity contribution < 1.29 is 19.4 Å². The molecule has 5 heteroatoms. The van der Waals surface area contributed by atoms with Crippen molar-refractivity contribution in [2.24, 2.45) is 0 Å². The minimum atomic E-state index is -0.991. The van der Waals surface area contributed by atoms with Gasteiger partial charge in [0.15, 0.2) is 6.61 Å². The van der Waals surface area contributed by atoms with Gasteiger partial charge in [0.1, 0.15) is 5.75 Å². The van der Waals surface area contributed by atoms with E-state index in [1.807, 2.05) is 19.2 Å². The first-order valence-corrected chi connectivity index (χ1v) is 6.63. The zero-order valence-corrected chi connectivity index (χ0v) is 12.4. The van der Waals surface area contributed by atoms with Crippen LogP contribution in [0.3, 0.4) is 0 Å². The molecule has 1 N–H and O–H groups in total. The third-order valence-corrected chi connectivity index (χ3v) is 3.08. The zero-order valence-electron chi connectivity index (χ0n) is 12.4. The lowest BCUT2D eigenvalue weighted by atomic mass is 10.1. The molecule has 0 saturated carbocycles. The van der Waals surface area contributed by atoms with Crippen molar-refractivity contribution in [2.45, 2.75) is 12.5 Å². The molecule has 0 fully saturated rings. The Hall–Kier alpha value is -2.03. The van der Waals surface area contributed by atoms with Crippen molar-refractivity contribution in [3.8, 4) is 18.1 Å². The lowest BCUT2D eigenvalue weighted by Crippen LogP contribution is -2.37. The molecule has 0 heterocycles. The predicted octanol–water partition coefficient (Wildman–Crippen LogP) is 1.27. The zero-order chi connectivity index (χ0) is 15.7. The highest BCUT2D eigenvalue weighted by Crippen LogP contribution is 2.15. The van der Waals surface area contributed by atoms with Gasteiger partial charge in [-0.3, -0.25) is 4.90 Å². The molecule has 21 heavy (non-hydrogen) atoms. The Morgan fingerprint density at radius 3 is 2.62 bits per heavy atom. The van der Waals surface area contributed by atoms with Crippen LogP contribution in [0.25, 0.3) is 0 Å². The number of nitrogens with zero attached hydrogens (tertiary/aromatic N) is 1. The maximum Gasteiger partial charge on any atom is 0.341 e. The fourth-order valence-electron chi connectivity index (χ4n) is 1.95. The molecular weight excluding hydrogens is 270 g/mol. The molecule has 0 saturated heterocycles. The minimum Gasteiger partial charge on any atom is -0.482 e. The normalized spacial score (nSPS) is 11.9. The molecule has 0 aliphatic rings. The number of terminal acetylenes is 1. The van der Waals surface area contributed by atoms with E-state index in [4.69, 9.17) is 21.0 Å². The summed E-state index contributed by atoms with van der Waals surface area (Å²) in [6.45, 7) is 0.819. The monoisotopic (exact) mass is 291 g/mol. The van der Waals surface area contributed by atoms with E-state index in [0.29, 0.717) is 18.9 Å². The second kappa shape index (κ2) is 9.01. The summed E-state index contributed by atoms with van der Waals surface area (Å²) in [7, 11) is 3.63. The number of ether oxygens (including phenoxy) is 2. The van der Waals surface area contributed by atoms with Gasteiger partial charge in [-0.2, -0.15) is 0 Å². The SMILES string of the molecule is C#CCN(C)[C@H](COC)Cc1ccc(OCC(=O)O)cc1. The van der Waals surface area contributed by atoms with Crippen molar-refractivity contribution in [1.82, 2.24) is 4.90 Å². The summed E-state index contributed by atoms with van der Waals surface area (Å²) in [5, 5.41) is 8.56. The Bertz CT molecular complexity index is 478. The van der Waals surface area contributed by atoms with Crippen LogP contribution in [0.1, 0.15) is 5.56 Å². The van der Waals surface area contributed by atoms with Crippen LogP contribution < -0.4 is 4.74 Å². The number of hydrogen-bond donors (Lipinski definition) is 1. The first-order valence-electron chi connectivity index (χ1n) is 6.63. The van der Waals surface area contributed by atoms with Crippen LogP contribution in [0.5, 0.6) is 5.75 Å². The van der Waals surface area contributed by atoms with Crippen LogP contribution in [-0.4, -0.2) is 55.9 Å². The Morgan fingerprint density at radius 2 is 2.10 bits per heavy atom. The lowest BCUT2D eigenvalue weighted by molar-refractivity contribution is -0.139. The summed E-state index contributed by atoms with van der Waals surface area (Å²) in [4.78, 5) is 12.5. The van der Waals surface area contributed by atoms with Gasteiger partial charge < -0.3 is 14.6 Å². The molecule has 1 atom stereocenters. The molecular formula is C16H21NO4. The number of carbonyl (C=O) groups is 1. The summed E-state index contributed by atoms with van der Waals surface area (Å²) in [6, 6.07) is 7.57. The van der Waals surface area contributed by atoms with Crippen molar-refractivity contribution >= 4 is 5.97 Å². The fourth-order valence-corrected chi connectivity index (χ4v) is 1.95. The lowest BCUT2D eigenvalue weighted by Gasteiger charge is -2.25. The molecule has 0 radical (unpaired) electrons. The van der Waals surface area contributed by atoms with Gasteiger partial charge in [0.25, 0.3) is 0 Å². The van der Waals surface area contributed by atoms with Crippen molar-refractivity contribution in [3.05, 3.63) is 29.8 Å². The smallest absolute Gasteiger partial charge is 0.341 e. The molecule has 0 amide bonds. The second-order valence-electron chi connectivity index (χ2n) is 4.76. The summed E-state index contributed by atoms with van der Waals surface area (Å²) in [5.41, 5.74) is 1.11. The number of methoxy groups -OCH3 is 1. The average molecular weight is 291 g/mol. The van der Waals surface area contributed by atoms with Crippen LogP contribution in [0, 0.1) is 12.3 Å². The summed E-state index contributed by atoms with van der Waals surface area (Å²) < 4.78 is 10.3. The Morgan fingerprint density at radius 1 is 1.43 bits per heavy atom. The number of rotatable bonds is 9. The van der Waals surface area contributed by atoms with E-state index >= 15 is 0 Å². The van der Waals surface area contributed by atoms with Gasteiger partial charge in [0, 0.05) is 13.2 Å². The van der Waals surface area contributed by atoms with Crippen LogP contribution in [0.4, 0.5) is 0 Å². The first-order chi connectivity index (χ1) is 10.1. The Balaban J connectivity index is 2.63. The van der Waals surface area contributed by atoms with E-state index < -0.39 is 5.97 Å². The summed E-state index contributed by atoms with van der Waals surface area (Å²) >= 11 is 0. The molecule has 0 aromatic heterocycles. The van der Waals surface area contributed by atoms with Gasteiger partial charge in [-0.25, -0.2) is 4.79 Å². The number of carboxylic acid groups (broad SMARTS) is 1. The third-order valence-electron chi connectivity index (χ3n) is 3.08. The van der Waals surface area contributed by atoms with Crippen molar-refractivity contribution in [3.63, 3.8) is 0 Å².